The molecule has 1 aromatic carbocycles. The number of hydrogen-bond donors (Lipinski definition) is 2. The lowest BCUT2D eigenvalue weighted by atomic mass is 10.1. The molecule has 0 radical (unpaired) electrons. The normalized spacial score (nSPS) is 16.6. The molecule has 0 aliphatic carbocycles. The first kappa shape index (κ1) is 19.3. The molecule has 1 saturated heterocycles. The standard InChI is InChI=1S/C16H25N3OS.ClH/c1-21-15(14-6-3-2-4-7-14)16(20)18-8-5-11-19-12-9-17-10-13-19;/h2-4,6-7,15,17H,5,8-13H2,1H3,(H,18,20);1H. The van der Waals surface area contributed by atoms with Crippen molar-refractivity contribution in [2.45, 2.75) is 11.7 Å². The highest BCUT2D eigenvalue weighted by molar-refractivity contribution is 7.99. The maximum atomic E-state index is 12.3. The maximum absolute atomic E-state index is 12.3. The van der Waals surface area contributed by atoms with E-state index < -0.39 is 0 Å². The lowest BCUT2D eigenvalue weighted by Gasteiger charge is -2.27. The Hall–Kier alpha value is -0.750. The molecule has 1 atom stereocenters. The Balaban J connectivity index is 0.00000242. The number of hydrogen-bond acceptors (Lipinski definition) is 4. The molecule has 2 N–H and O–H groups in total. The summed E-state index contributed by atoms with van der Waals surface area (Å²) in [6.07, 6.45) is 3.00. The minimum absolute atomic E-state index is 0. The molecule has 0 bridgehead atoms. The molecule has 1 aromatic rings. The van der Waals surface area contributed by atoms with Crippen LogP contribution in [0.1, 0.15) is 17.2 Å². The van der Waals surface area contributed by atoms with Crippen LogP contribution in [0.25, 0.3) is 0 Å². The fourth-order valence-corrected chi connectivity index (χ4v) is 3.29. The minimum atomic E-state index is -0.106. The third kappa shape index (κ3) is 6.16. The molecule has 0 spiro atoms. The van der Waals surface area contributed by atoms with E-state index in [4.69, 9.17) is 0 Å². The van der Waals surface area contributed by atoms with E-state index in [9.17, 15) is 4.79 Å². The molecule has 2 rings (SSSR count). The van der Waals surface area contributed by atoms with E-state index in [-0.39, 0.29) is 23.6 Å². The SMILES string of the molecule is CSC(C(=O)NCCCN1CCNCC1)c1ccccc1.Cl. The zero-order chi connectivity index (χ0) is 14.9. The van der Waals surface area contributed by atoms with Gasteiger partial charge in [-0.15, -0.1) is 24.2 Å². The third-order valence-corrected chi connectivity index (χ3v) is 4.69. The summed E-state index contributed by atoms with van der Waals surface area (Å²) in [6.45, 7) is 6.21. The van der Waals surface area contributed by atoms with Crippen molar-refractivity contribution in [1.29, 1.82) is 0 Å². The molecule has 124 valence electrons. The van der Waals surface area contributed by atoms with Crippen LogP contribution >= 0.6 is 24.2 Å². The van der Waals surface area contributed by atoms with Gasteiger partial charge in [-0.3, -0.25) is 4.79 Å². The Morgan fingerprint density at radius 2 is 2.00 bits per heavy atom. The Morgan fingerprint density at radius 1 is 1.32 bits per heavy atom. The number of piperazine rings is 1. The molecule has 22 heavy (non-hydrogen) atoms. The van der Waals surface area contributed by atoms with Crippen molar-refractivity contribution in [1.82, 2.24) is 15.5 Å². The summed E-state index contributed by atoms with van der Waals surface area (Å²) in [5.41, 5.74) is 1.07. The Bertz CT molecular complexity index is 427. The molecule has 0 saturated carbocycles. The molecule has 1 aliphatic heterocycles. The maximum Gasteiger partial charge on any atom is 0.237 e. The smallest absolute Gasteiger partial charge is 0.237 e. The summed E-state index contributed by atoms with van der Waals surface area (Å²) in [7, 11) is 0. The average Bonchev–Trinajstić information content (AvgIpc) is 2.54. The van der Waals surface area contributed by atoms with Crippen molar-refractivity contribution in [2.24, 2.45) is 0 Å². The number of rotatable bonds is 7. The molecule has 1 unspecified atom stereocenters. The second kappa shape index (κ2) is 10.9. The van der Waals surface area contributed by atoms with E-state index >= 15 is 0 Å². The monoisotopic (exact) mass is 343 g/mol. The molecular formula is C16H26ClN3OS. The van der Waals surface area contributed by atoms with E-state index in [1.165, 1.54) is 0 Å². The number of thioether (sulfide) groups is 1. The predicted octanol–water partition coefficient (Wildman–Crippen LogP) is 1.92. The van der Waals surface area contributed by atoms with Crippen LogP contribution in [0.3, 0.4) is 0 Å². The predicted molar refractivity (Wildman–Crippen MR) is 96.9 cm³/mol. The van der Waals surface area contributed by atoms with Crippen molar-refractivity contribution in [3.05, 3.63) is 35.9 Å². The summed E-state index contributed by atoms with van der Waals surface area (Å²) < 4.78 is 0. The largest absolute Gasteiger partial charge is 0.355 e. The Morgan fingerprint density at radius 3 is 2.64 bits per heavy atom. The molecular weight excluding hydrogens is 318 g/mol. The lowest BCUT2D eigenvalue weighted by Crippen LogP contribution is -2.44. The fraction of sp³-hybridized carbons (Fsp3) is 0.562. The van der Waals surface area contributed by atoms with Gasteiger partial charge in [0.2, 0.25) is 5.91 Å². The molecule has 6 heteroatoms. The third-order valence-electron chi connectivity index (χ3n) is 3.74. The molecule has 0 aromatic heterocycles. The molecule has 1 amide bonds. The van der Waals surface area contributed by atoms with Gasteiger partial charge in [-0.2, -0.15) is 0 Å². The summed E-state index contributed by atoms with van der Waals surface area (Å²) in [6, 6.07) is 9.97. The van der Waals surface area contributed by atoms with Crippen LogP contribution < -0.4 is 10.6 Å². The number of halogens is 1. The van der Waals surface area contributed by atoms with Crippen molar-refractivity contribution >= 4 is 30.1 Å². The highest BCUT2D eigenvalue weighted by atomic mass is 35.5. The van der Waals surface area contributed by atoms with E-state index in [1.54, 1.807) is 11.8 Å². The van der Waals surface area contributed by atoms with Gasteiger partial charge in [0.1, 0.15) is 5.25 Å². The van der Waals surface area contributed by atoms with Crippen molar-refractivity contribution in [3.63, 3.8) is 0 Å². The lowest BCUT2D eigenvalue weighted by molar-refractivity contribution is -0.120. The van der Waals surface area contributed by atoms with Gasteiger partial charge in [0.05, 0.1) is 0 Å². The highest BCUT2D eigenvalue weighted by Crippen LogP contribution is 2.26. The number of nitrogens with zero attached hydrogens (tertiary/aromatic N) is 1. The summed E-state index contributed by atoms with van der Waals surface area (Å²) in [5.74, 6) is 0.119. The van der Waals surface area contributed by atoms with Crippen LogP contribution in [0.2, 0.25) is 0 Å². The van der Waals surface area contributed by atoms with Crippen molar-refractivity contribution in [2.75, 3.05) is 45.5 Å². The number of nitrogens with one attached hydrogen (secondary N) is 2. The van der Waals surface area contributed by atoms with Crippen LogP contribution in [0.4, 0.5) is 0 Å². The second-order valence-electron chi connectivity index (χ2n) is 5.26. The quantitative estimate of drug-likeness (QED) is 0.742. The van der Waals surface area contributed by atoms with Crippen LogP contribution in [0.5, 0.6) is 0 Å². The fourth-order valence-electron chi connectivity index (χ4n) is 2.56. The van der Waals surface area contributed by atoms with Crippen LogP contribution in [0.15, 0.2) is 30.3 Å². The van der Waals surface area contributed by atoms with Gasteiger partial charge in [-0.1, -0.05) is 30.3 Å². The number of benzene rings is 1. The zero-order valence-electron chi connectivity index (χ0n) is 13.1. The van der Waals surface area contributed by atoms with Gasteiger partial charge < -0.3 is 15.5 Å². The first-order chi connectivity index (χ1) is 10.3. The number of carbonyl (C=O) groups is 1. The topological polar surface area (TPSA) is 44.4 Å². The highest BCUT2D eigenvalue weighted by Gasteiger charge is 2.18. The first-order valence-corrected chi connectivity index (χ1v) is 8.88. The second-order valence-corrected chi connectivity index (χ2v) is 6.21. The molecule has 1 heterocycles. The summed E-state index contributed by atoms with van der Waals surface area (Å²) in [4.78, 5) is 14.7. The van der Waals surface area contributed by atoms with Crippen LogP contribution in [0, 0.1) is 0 Å². The molecule has 1 aliphatic rings. The number of carbonyl (C=O) groups excluding carboxylic acids is 1. The van der Waals surface area contributed by atoms with Gasteiger partial charge in [0, 0.05) is 32.7 Å². The van der Waals surface area contributed by atoms with E-state index in [2.05, 4.69) is 15.5 Å². The average molecular weight is 344 g/mol. The summed E-state index contributed by atoms with van der Waals surface area (Å²) >= 11 is 1.59. The zero-order valence-corrected chi connectivity index (χ0v) is 14.7. The van der Waals surface area contributed by atoms with Gasteiger partial charge >= 0.3 is 0 Å². The molecule has 4 nitrogen and oxygen atoms in total. The van der Waals surface area contributed by atoms with Gasteiger partial charge in [-0.05, 0) is 24.8 Å². The van der Waals surface area contributed by atoms with Crippen LogP contribution in [-0.4, -0.2) is 56.3 Å². The minimum Gasteiger partial charge on any atom is -0.355 e. The van der Waals surface area contributed by atoms with Crippen molar-refractivity contribution < 1.29 is 4.79 Å². The van der Waals surface area contributed by atoms with E-state index in [0.29, 0.717) is 0 Å². The Labute approximate surface area is 143 Å². The molecule has 1 fully saturated rings. The van der Waals surface area contributed by atoms with Gasteiger partial charge in [0.25, 0.3) is 0 Å². The van der Waals surface area contributed by atoms with E-state index in [0.717, 1.165) is 51.3 Å². The van der Waals surface area contributed by atoms with Gasteiger partial charge in [0.15, 0.2) is 0 Å². The van der Waals surface area contributed by atoms with Gasteiger partial charge in [-0.25, -0.2) is 0 Å². The van der Waals surface area contributed by atoms with Crippen LogP contribution in [-0.2, 0) is 4.79 Å². The first-order valence-electron chi connectivity index (χ1n) is 7.60. The van der Waals surface area contributed by atoms with Crippen molar-refractivity contribution in [3.8, 4) is 0 Å². The summed E-state index contributed by atoms with van der Waals surface area (Å²) in [5, 5.41) is 6.31. The number of amides is 1. The Kier molecular flexibility index (Phi) is 9.55. The van der Waals surface area contributed by atoms with E-state index in [1.807, 2.05) is 36.6 Å².